The second-order valence-corrected chi connectivity index (χ2v) is 4.90. The maximum atomic E-state index is 11.3. The molecule has 1 fully saturated rings. The Balaban J connectivity index is 2.35. The van der Waals surface area contributed by atoms with Crippen LogP contribution in [0, 0.1) is 17.3 Å². The van der Waals surface area contributed by atoms with Gasteiger partial charge in [0.25, 0.3) is 0 Å². The summed E-state index contributed by atoms with van der Waals surface area (Å²) >= 11 is 0. The lowest BCUT2D eigenvalue weighted by Gasteiger charge is -2.51. The summed E-state index contributed by atoms with van der Waals surface area (Å²) in [5.41, 5.74) is 0.197. The number of hydrogen-bond acceptors (Lipinski definition) is 2. The molecule has 14 heavy (non-hydrogen) atoms. The summed E-state index contributed by atoms with van der Waals surface area (Å²) in [5.74, 6) is 1.31. The maximum Gasteiger partial charge on any atom is 0.133 e. The highest BCUT2D eigenvalue weighted by Gasteiger charge is 2.49. The first-order valence-electron chi connectivity index (χ1n) is 5.58. The van der Waals surface area contributed by atoms with Crippen LogP contribution in [0.2, 0.25) is 0 Å². The molecule has 0 radical (unpaired) electrons. The quantitative estimate of drug-likeness (QED) is 0.635. The zero-order chi connectivity index (χ0) is 10.8. The Morgan fingerprint density at radius 3 is 2.57 bits per heavy atom. The van der Waals surface area contributed by atoms with E-state index in [1.165, 1.54) is 0 Å². The Bertz CT molecular complexity index is 208. The fourth-order valence-corrected chi connectivity index (χ4v) is 2.57. The molecule has 1 aliphatic carbocycles. The molecule has 0 amide bonds. The van der Waals surface area contributed by atoms with Gasteiger partial charge in [0.05, 0.1) is 0 Å². The fraction of sp³-hybridized carbons (Fsp3) is 0.917. The number of hydrogen-bond donors (Lipinski definition) is 0. The van der Waals surface area contributed by atoms with Crippen molar-refractivity contribution in [1.82, 2.24) is 0 Å². The van der Waals surface area contributed by atoms with E-state index in [4.69, 9.17) is 4.74 Å². The van der Waals surface area contributed by atoms with E-state index in [1.54, 1.807) is 6.92 Å². The summed E-state index contributed by atoms with van der Waals surface area (Å²) < 4.78 is 5.34. The van der Waals surface area contributed by atoms with Crippen molar-refractivity contribution in [2.24, 2.45) is 17.3 Å². The Kier molecular flexibility index (Phi) is 3.71. The molecule has 0 heterocycles. The first-order valence-corrected chi connectivity index (χ1v) is 5.58. The zero-order valence-electron chi connectivity index (χ0n) is 9.80. The molecule has 2 atom stereocenters. The summed E-state index contributed by atoms with van der Waals surface area (Å²) in [7, 11) is 0. The molecule has 0 aliphatic heterocycles. The molecule has 1 saturated carbocycles. The lowest BCUT2D eigenvalue weighted by atomic mass is 9.53. The predicted molar refractivity (Wildman–Crippen MR) is 57.2 cm³/mol. The van der Waals surface area contributed by atoms with Crippen LogP contribution in [-0.4, -0.2) is 19.0 Å². The summed E-state index contributed by atoms with van der Waals surface area (Å²) in [6.45, 7) is 9.78. The van der Waals surface area contributed by atoms with Crippen LogP contribution in [0.4, 0.5) is 0 Å². The van der Waals surface area contributed by atoms with Gasteiger partial charge in [0, 0.05) is 19.1 Å². The Morgan fingerprint density at radius 2 is 2.14 bits per heavy atom. The van der Waals surface area contributed by atoms with Gasteiger partial charge < -0.3 is 4.74 Å². The van der Waals surface area contributed by atoms with Crippen molar-refractivity contribution >= 4 is 5.78 Å². The van der Waals surface area contributed by atoms with Crippen LogP contribution in [0.1, 0.15) is 40.5 Å². The molecule has 0 aromatic carbocycles. The summed E-state index contributed by atoms with van der Waals surface area (Å²) in [4.78, 5) is 11.3. The van der Waals surface area contributed by atoms with E-state index in [0.29, 0.717) is 11.7 Å². The monoisotopic (exact) mass is 198 g/mol. The molecule has 0 saturated heterocycles. The van der Waals surface area contributed by atoms with Gasteiger partial charge >= 0.3 is 0 Å². The number of carbonyl (C=O) groups is 1. The van der Waals surface area contributed by atoms with E-state index >= 15 is 0 Å². The fourth-order valence-electron chi connectivity index (χ4n) is 2.57. The molecule has 0 aromatic heterocycles. The highest BCUT2D eigenvalue weighted by Crippen LogP contribution is 2.53. The van der Waals surface area contributed by atoms with Crippen molar-refractivity contribution in [3.8, 4) is 0 Å². The Labute approximate surface area is 87.0 Å². The third kappa shape index (κ3) is 2.17. The maximum absolute atomic E-state index is 11.3. The summed E-state index contributed by atoms with van der Waals surface area (Å²) in [6, 6.07) is 0. The minimum Gasteiger partial charge on any atom is -0.382 e. The van der Waals surface area contributed by atoms with E-state index < -0.39 is 0 Å². The molecule has 0 N–H and O–H groups in total. The van der Waals surface area contributed by atoms with Crippen LogP contribution in [0.15, 0.2) is 0 Å². The van der Waals surface area contributed by atoms with Gasteiger partial charge in [-0.25, -0.2) is 0 Å². The SMILES string of the molecule is CCOCCC1CC(C(C)=O)C1(C)C. The van der Waals surface area contributed by atoms with Gasteiger partial charge in [-0.15, -0.1) is 0 Å². The third-order valence-electron chi connectivity index (χ3n) is 3.78. The van der Waals surface area contributed by atoms with E-state index in [0.717, 1.165) is 26.1 Å². The molecule has 1 rings (SSSR count). The van der Waals surface area contributed by atoms with Gasteiger partial charge in [-0.2, -0.15) is 0 Å². The van der Waals surface area contributed by atoms with Gasteiger partial charge in [0.15, 0.2) is 0 Å². The molecule has 0 bridgehead atoms. The first-order chi connectivity index (χ1) is 6.50. The number of rotatable bonds is 5. The third-order valence-corrected chi connectivity index (χ3v) is 3.78. The van der Waals surface area contributed by atoms with Crippen molar-refractivity contribution in [1.29, 1.82) is 0 Å². The van der Waals surface area contributed by atoms with Crippen LogP contribution >= 0.6 is 0 Å². The molecule has 2 unspecified atom stereocenters. The van der Waals surface area contributed by atoms with Crippen LogP contribution in [0.3, 0.4) is 0 Å². The van der Waals surface area contributed by atoms with Crippen LogP contribution in [0.25, 0.3) is 0 Å². The number of ketones is 1. The molecular weight excluding hydrogens is 176 g/mol. The van der Waals surface area contributed by atoms with Crippen molar-refractivity contribution in [3.63, 3.8) is 0 Å². The number of Topliss-reactive ketones (excluding diaryl/α,β-unsaturated/α-hetero) is 1. The van der Waals surface area contributed by atoms with Crippen LogP contribution < -0.4 is 0 Å². The van der Waals surface area contributed by atoms with Crippen molar-refractivity contribution in [3.05, 3.63) is 0 Å². The standard InChI is InChI=1S/C12H22O2/c1-5-14-7-6-10-8-11(9(2)13)12(10,3)4/h10-11H,5-8H2,1-4H3. The molecule has 1 aliphatic rings. The average Bonchev–Trinajstić information content (AvgIpc) is 2.09. The molecule has 82 valence electrons. The minimum atomic E-state index is 0.197. The number of carbonyl (C=O) groups excluding carboxylic acids is 1. The van der Waals surface area contributed by atoms with E-state index in [-0.39, 0.29) is 11.3 Å². The highest BCUT2D eigenvalue weighted by molar-refractivity contribution is 5.80. The predicted octanol–water partition coefficient (Wildman–Crippen LogP) is 2.66. The Hall–Kier alpha value is -0.370. The second-order valence-electron chi connectivity index (χ2n) is 4.90. The van der Waals surface area contributed by atoms with Crippen molar-refractivity contribution < 1.29 is 9.53 Å². The second kappa shape index (κ2) is 4.43. The topological polar surface area (TPSA) is 26.3 Å². The molecule has 2 heteroatoms. The lowest BCUT2D eigenvalue weighted by molar-refractivity contribution is -0.137. The minimum absolute atomic E-state index is 0.197. The summed E-state index contributed by atoms with van der Waals surface area (Å²) in [6.07, 6.45) is 2.17. The van der Waals surface area contributed by atoms with Crippen molar-refractivity contribution in [2.45, 2.75) is 40.5 Å². The molecule has 0 aromatic rings. The number of ether oxygens (including phenoxy) is 1. The van der Waals surface area contributed by atoms with E-state index in [9.17, 15) is 4.79 Å². The molecule has 2 nitrogen and oxygen atoms in total. The average molecular weight is 198 g/mol. The Morgan fingerprint density at radius 1 is 1.50 bits per heavy atom. The smallest absolute Gasteiger partial charge is 0.133 e. The van der Waals surface area contributed by atoms with Crippen LogP contribution in [0.5, 0.6) is 0 Å². The van der Waals surface area contributed by atoms with Gasteiger partial charge in [0.2, 0.25) is 0 Å². The first kappa shape index (κ1) is 11.7. The van der Waals surface area contributed by atoms with Gasteiger partial charge in [-0.3, -0.25) is 4.79 Å². The van der Waals surface area contributed by atoms with Gasteiger partial charge in [-0.05, 0) is 38.0 Å². The van der Waals surface area contributed by atoms with Crippen molar-refractivity contribution in [2.75, 3.05) is 13.2 Å². The van der Waals surface area contributed by atoms with Gasteiger partial charge in [0.1, 0.15) is 5.78 Å². The summed E-state index contributed by atoms with van der Waals surface area (Å²) in [5, 5.41) is 0. The normalized spacial score (nSPS) is 29.7. The largest absolute Gasteiger partial charge is 0.382 e. The van der Waals surface area contributed by atoms with E-state index in [1.807, 2.05) is 6.92 Å². The van der Waals surface area contributed by atoms with Gasteiger partial charge in [-0.1, -0.05) is 13.8 Å². The molecular formula is C12H22O2. The van der Waals surface area contributed by atoms with E-state index in [2.05, 4.69) is 13.8 Å². The zero-order valence-corrected chi connectivity index (χ0v) is 9.80. The highest BCUT2D eigenvalue weighted by atomic mass is 16.5. The van der Waals surface area contributed by atoms with Crippen LogP contribution in [-0.2, 0) is 9.53 Å². The lowest BCUT2D eigenvalue weighted by Crippen LogP contribution is -2.48. The molecule has 0 spiro atoms.